The summed E-state index contributed by atoms with van der Waals surface area (Å²) in [7, 11) is 0. The van der Waals surface area contributed by atoms with Crippen LogP contribution in [0.1, 0.15) is 12.7 Å². The number of hydrogen-bond acceptors (Lipinski definition) is 1. The van der Waals surface area contributed by atoms with Crippen molar-refractivity contribution >= 4 is 0 Å². The van der Waals surface area contributed by atoms with Crippen LogP contribution in [0, 0.1) is 6.92 Å². The zero-order valence-corrected chi connectivity index (χ0v) is 5.22. The van der Waals surface area contributed by atoms with E-state index in [0.29, 0.717) is 5.82 Å². The normalized spacial score (nSPS) is 11.9. The van der Waals surface area contributed by atoms with Crippen LogP contribution in [0.5, 0.6) is 0 Å². The average molecular weight is 124 g/mol. The second-order valence-corrected chi connectivity index (χ2v) is 2.17. The Balaban J connectivity index is 2.90. The molecule has 1 aromatic rings. The van der Waals surface area contributed by atoms with E-state index in [1.165, 1.54) is 13.1 Å². The fraction of sp³-hybridized carbons (Fsp3) is 0.333. The zero-order valence-electron chi connectivity index (χ0n) is 5.22. The van der Waals surface area contributed by atoms with E-state index in [9.17, 15) is 5.11 Å². The highest BCUT2D eigenvalue weighted by Crippen LogP contribution is 2.13. The van der Waals surface area contributed by atoms with E-state index >= 15 is 0 Å². The van der Waals surface area contributed by atoms with Gasteiger partial charge in [-0.2, -0.15) is 0 Å². The Morgan fingerprint density at radius 2 is 2.56 bits per heavy atom. The van der Waals surface area contributed by atoms with Gasteiger partial charge in [0.05, 0.1) is 0 Å². The lowest BCUT2D eigenvalue weighted by molar-refractivity contribution is 0.0180. The lowest BCUT2D eigenvalue weighted by Gasteiger charge is -2.08. The molecule has 0 aliphatic rings. The molecule has 9 heavy (non-hydrogen) atoms. The molecule has 1 N–H and O–H groups in total. The summed E-state index contributed by atoms with van der Waals surface area (Å²) < 4.78 is 0. The van der Waals surface area contributed by atoms with Crippen molar-refractivity contribution in [2.45, 2.75) is 12.5 Å². The molecule has 1 aromatic heterocycles. The molecule has 0 amide bonds. The highest BCUT2D eigenvalue weighted by atomic mass is 16.3. The molecule has 1 unspecified atom stereocenters. The molecule has 3 nitrogen and oxygen atoms in total. The standard InChI is InChI=1S/C6H8N2O/c1-6(2,9)5-7-3-4-8-5/h3-4H,1H2,2H3,(H,7,8). The van der Waals surface area contributed by atoms with Crippen molar-refractivity contribution in [1.29, 1.82) is 0 Å². The molecule has 0 aliphatic carbocycles. The summed E-state index contributed by atoms with van der Waals surface area (Å²) in [4.78, 5) is 6.45. The van der Waals surface area contributed by atoms with Gasteiger partial charge in [-0.1, -0.05) is 0 Å². The maximum Gasteiger partial charge on any atom is 0.158 e. The minimum Gasteiger partial charge on any atom is -0.346 e. The first-order chi connectivity index (χ1) is 4.11. The predicted octanol–water partition coefficient (Wildman–Crippen LogP) is 0.889. The van der Waals surface area contributed by atoms with E-state index < -0.39 is 5.60 Å². The van der Waals surface area contributed by atoms with Gasteiger partial charge in [-0.25, -0.2) is 10.1 Å². The van der Waals surface area contributed by atoms with E-state index in [1.807, 2.05) is 0 Å². The molecule has 0 saturated heterocycles. The van der Waals surface area contributed by atoms with Crippen molar-refractivity contribution in [3.05, 3.63) is 25.1 Å². The minimum absolute atomic E-state index is 0.377. The zero-order chi connectivity index (χ0) is 6.91. The second kappa shape index (κ2) is 1.84. The second-order valence-electron chi connectivity index (χ2n) is 2.17. The third-order valence-electron chi connectivity index (χ3n) is 0.999. The van der Waals surface area contributed by atoms with E-state index in [0.717, 1.165) is 0 Å². The van der Waals surface area contributed by atoms with Crippen LogP contribution in [0.3, 0.4) is 0 Å². The van der Waals surface area contributed by atoms with Crippen molar-refractivity contribution in [2.24, 2.45) is 0 Å². The van der Waals surface area contributed by atoms with Crippen molar-refractivity contribution in [1.82, 2.24) is 9.97 Å². The van der Waals surface area contributed by atoms with Crippen LogP contribution in [-0.2, 0) is 10.7 Å². The summed E-state index contributed by atoms with van der Waals surface area (Å²) in [6.07, 6.45) is 3.15. The number of aromatic nitrogens is 2. The van der Waals surface area contributed by atoms with E-state index in [4.69, 9.17) is 0 Å². The van der Waals surface area contributed by atoms with Gasteiger partial charge in [0.15, 0.2) is 5.60 Å². The van der Waals surface area contributed by atoms with Gasteiger partial charge in [0.25, 0.3) is 0 Å². The van der Waals surface area contributed by atoms with Crippen molar-refractivity contribution < 1.29 is 5.11 Å². The number of nitrogens with one attached hydrogen (secondary N) is 1. The number of nitrogens with zero attached hydrogens (tertiary/aromatic N) is 1. The molecule has 0 saturated carbocycles. The molecule has 0 aromatic carbocycles. The van der Waals surface area contributed by atoms with Gasteiger partial charge in [0, 0.05) is 12.4 Å². The molecule has 48 valence electrons. The van der Waals surface area contributed by atoms with E-state index in [-0.39, 0.29) is 0 Å². The Morgan fingerprint density at radius 3 is 2.78 bits per heavy atom. The molecular formula is C6H8N2O. The lowest BCUT2D eigenvalue weighted by Crippen LogP contribution is -2.15. The highest BCUT2D eigenvalue weighted by Gasteiger charge is 2.20. The van der Waals surface area contributed by atoms with Crippen LogP contribution < -0.4 is 0 Å². The summed E-state index contributed by atoms with van der Waals surface area (Å²) in [5.41, 5.74) is -1.34. The van der Waals surface area contributed by atoms with E-state index in [2.05, 4.69) is 16.9 Å². The Bertz CT molecular complexity index is 173. The Morgan fingerprint density at radius 1 is 1.89 bits per heavy atom. The van der Waals surface area contributed by atoms with Crippen LogP contribution in [0.15, 0.2) is 12.4 Å². The molecule has 2 radical (unpaired) electrons. The first kappa shape index (κ1) is 6.29. The molecular weight excluding hydrogens is 116 g/mol. The predicted molar refractivity (Wildman–Crippen MR) is 32.0 cm³/mol. The molecule has 1 heterocycles. The van der Waals surface area contributed by atoms with Crippen molar-refractivity contribution in [3.63, 3.8) is 0 Å². The smallest absolute Gasteiger partial charge is 0.158 e. The number of imidazole rings is 1. The van der Waals surface area contributed by atoms with Gasteiger partial charge < -0.3 is 4.98 Å². The fourth-order valence-electron chi connectivity index (χ4n) is 0.554. The van der Waals surface area contributed by atoms with Crippen LogP contribution in [0.25, 0.3) is 0 Å². The Kier molecular flexibility index (Phi) is 1.29. The maximum atomic E-state index is 11.0. The van der Waals surface area contributed by atoms with Gasteiger partial charge >= 0.3 is 0 Å². The largest absolute Gasteiger partial charge is 0.346 e. The first-order valence-electron chi connectivity index (χ1n) is 2.66. The molecule has 0 spiro atoms. The van der Waals surface area contributed by atoms with Crippen LogP contribution >= 0.6 is 0 Å². The summed E-state index contributed by atoms with van der Waals surface area (Å²) in [5.74, 6) is 0.377. The topological polar surface area (TPSA) is 48.6 Å². The highest BCUT2D eigenvalue weighted by molar-refractivity contribution is 5.00. The number of rotatable bonds is 1. The van der Waals surface area contributed by atoms with Crippen LogP contribution in [0.2, 0.25) is 0 Å². The lowest BCUT2D eigenvalue weighted by atomic mass is 10.1. The Labute approximate surface area is 53.7 Å². The summed E-state index contributed by atoms with van der Waals surface area (Å²) in [5, 5.41) is 11.0. The summed E-state index contributed by atoms with van der Waals surface area (Å²) in [6, 6.07) is 0. The van der Waals surface area contributed by atoms with Crippen molar-refractivity contribution in [2.75, 3.05) is 0 Å². The summed E-state index contributed by atoms with van der Waals surface area (Å²) >= 11 is 0. The third-order valence-corrected chi connectivity index (χ3v) is 0.999. The van der Waals surface area contributed by atoms with Crippen LogP contribution in [-0.4, -0.2) is 9.97 Å². The van der Waals surface area contributed by atoms with Gasteiger partial charge in [0.1, 0.15) is 5.82 Å². The molecule has 0 bridgehead atoms. The average Bonchev–Trinajstić information content (AvgIpc) is 2.08. The van der Waals surface area contributed by atoms with Crippen LogP contribution in [0.4, 0.5) is 0 Å². The Hall–Kier alpha value is -0.830. The molecule has 0 fully saturated rings. The number of aromatic amines is 1. The first-order valence-corrected chi connectivity index (χ1v) is 2.66. The van der Waals surface area contributed by atoms with Gasteiger partial charge in [-0.05, 0) is 13.8 Å². The van der Waals surface area contributed by atoms with Crippen molar-refractivity contribution in [3.8, 4) is 0 Å². The summed E-state index contributed by atoms with van der Waals surface area (Å²) in [6.45, 7) is 4.83. The molecule has 0 aliphatic heterocycles. The third kappa shape index (κ3) is 1.29. The molecule has 3 heteroatoms. The fourth-order valence-corrected chi connectivity index (χ4v) is 0.554. The SMILES string of the molecule is [CH2]C(C)([O])c1ncc[nH]1. The minimum atomic E-state index is -1.34. The van der Waals surface area contributed by atoms with Gasteiger partial charge in [-0.15, -0.1) is 0 Å². The molecule has 1 rings (SSSR count). The van der Waals surface area contributed by atoms with E-state index in [1.54, 1.807) is 6.20 Å². The number of hydrogen-bond donors (Lipinski definition) is 1. The van der Waals surface area contributed by atoms with Gasteiger partial charge in [0.2, 0.25) is 0 Å². The maximum absolute atomic E-state index is 11.0. The molecule has 1 atom stereocenters. The number of H-pyrrole nitrogens is 1. The quantitative estimate of drug-likeness (QED) is 0.593. The van der Waals surface area contributed by atoms with Gasteiger partial charge in [-0.3, -0.25) is 0 Å². The monoisotopic (exact) mass is 124 g/mol.